The lowest BCUT2D eigenvalue weighted by molar-refractivity contribution is 0.263. The monoisotopic (exact) mass is 396 g/mol. The maximum atomic E-state index is 13.0. The number of benzene rings is 2. The van der Waals surface area contributed by atoms with Crippen molar-refractivity contribution in [3.8, 4) is 11.5 Å². The van der Waals surface area contributed by atoms with Crippen molar-refractivity contribution < 1.29 is 13.8 Å². The smallest absolute Gasteiger partial charge is 0.346 e. The SMILES string of the molecule is Nc1ccc(COP(=O)(N2CC2)N2CC2)cc1Oc1ccc2cccnc2c1. The topological polar surface area (TPSA) is 80.5 Å². The number of pyridine rings is 1. The van der Waals surface area contributed by atoms with Crippen molar-refractivity contribution in [1.82, 2.24) is 14.3 Å². The Balaban J connectivity index is 1.34. The predicted octanol–water partition coefficient (Wildman–Crippen LogP) is 3.87. The van der Waals surface area contributed by atoms with Crippen LogP contribution in [-0.4, -0.2) is 40.5 Å². The molecular weight excluding hydrogens is 375 g/mol. The second-order valence-electron chi connectivity index (χ2n) is 7.00. The number of anilines is 1. The van der Waals surface area contributed by atoms with E-state index in [0.717, 1.165) is 42.6 Å². The van der Waals surface area contributed by atoms with Gasteiger partial charge in [-0.3, -0.25) is 9.55 Å². The lowest BCUT2D eigenvalue weighted by Crippen LogP contribution is -2.08. The van der Waals surface area contributed by atoms with Gasteiger partial charge in [-0.2, -0.15) is 0 Å². The Morgan fingerprint density at radius 1 is 1.04 bits per heavy atom. The van der Waals surface area contributed by atoms with E-state index in [2.05, 4.69) is 4.98 Å². The maximum absolute atomic E-state index is 13.0. The number of rotatable bonds is 7. The molecule has 2 saturated heterocycles. The Morgan fingerprint density at radius 2 is 1.82 bits per heavy atom. The fraction of sp³-hybridized carbons (Fsp3) is 0.250. The van der Waals surface area contributed by atoms with Crippen LogP contribution < -0.4 is 10.5 Å². The molecule has 0 spiro atoms. The average molecular weight is 396 g/mol. The van der Waals surface area contributed by atoms with E-state index in [0.29, 0.717) is 17.2 Å². The fourth-order valence-electron chi connectivity index (χ4n) is 3.09. The number of aromatic nitrogens is 1. The highest BCUT2D eigenvalue weighted by Gasteiger charge is 2.49. The molecule has 3 aromatic rings. The van der Waals surface area contributed by atoms with Crippen molar-refractivity contribution in [3.05, 3.63) is 60.3 Å². The highest BCUT2D eigenvalue weighted by Crippen LogP contribution is 2.61. The van der Waals surface area contributed by atoms with Crippen LogP contribution in [0.2, 0.25) is 0 Å². The quantitative estimate of drug-likeness (QED) is 0.369. The molecule has 7 nitrogen and oxygen atoms in total. The van der Waals surface area contributed by atoms with E-state index >= 15 is 0 Å². The molecule has 144 valence electrons. The standard InChI is InChI=1S/C20H21N4O3P/c21-18-6-3-15(14-26-28(25,23-8-9-23)24-10-11-24)12-20(18)27-17-5-4-16-2-1-7-22-19(16)13-17/h1-7,12-13H,8-11,14,21H2. The van der Waals surface area contributed by atoms with Crippen LogP contribution in [0.3, 0.4) is 0 Å². The first-order chi connectivity index (χ1) is 13.6. The average Bonchev–Trinajstić information content (AvgIpc) is 3.59. The lowest BCUT2D eigenvalue weighted by atomic mass is 10.2. The van der Waals surface area contributed by atoms with Crippen molar-refractivity contribution in [2.24, 2.45) is 0 Å². The largest absolute Gasteiger partial charge is 0.455 e. The number of hydrogen-bond acceptors (Lipinski definition) is 5. The van der Waals surface area contributed by atoms with Crippen LogP contribution in [0.4, 0.5) is 5.69 Å². The first kappa shape index (κ1) is 17.6. The van der Waals surface area contributed by atoms with Gasteiger partial charge in [-0.05, 0) is 35.9 Å². The number of nitrogens with zero attached hydrogens (tertiary/aromatic N) is 3. The van der Waals surface area contributed by atoms with E-state index in [4.69, 9.17) is 15.0 Å². The number of fused-ring (bicyclic) bond motifs is 1. The summed E-state index contributed by atoms with van der Waals surface area (Å²) in [6, 6.07) is 15.1. The second kappa shape index (κ2) is 6.87. The van der Waals surface area contributed by atoms with Crippen LogP contribution in [0.5, 0.6) is 11.5 Å². The third-order valence-corrected chi connectivity index (χ3v) is 7.54. The van der Waals surface area contributed by atoms with Crippen LogP contribution in [0.15, 0.2) is 54.7 Å². The van der Waals surface area contributed by atoms with Crippen LogP contribution in [-0.2, 0) is 15.7 Å². The summed E-state index contributed by atoms with van der Waals surface area (Å²) in [6.45, 7) is 3.58. The van der Waals surface area contributed by atoms with Crippen molar-refractivity contribution >= 4 is 24.3 Å². The van der Waals surface area contributed by atoms with Gasteiger partial charge < -0.3 is 15.0 Å². The van der Waals surface area contributed by atoms with E-state index in [9.17, 15) is 4.57 Å². The van der Waals surface area contributed by atoms with E-state index in [-0.39, 0.29) is 6.61 Å². The van der Waals surface area contributed by atoms with E-state index in [1.807, 2.05) is 51.8 Å². The first-order valence-corrected chi connectivity index (χ1v) is 10.8. The predicted molar refractivity (Wildman–Crippen MR) is 108 cm³/mol. The van der Waals surface area contributed by atoms with Gasteiger partial charge in [-0.1, -0.05) is 12.1 Å². The van der Waals surface area contributed by atoms with Crippen LogP contribution >= 0.6 is 7.67 Å². The third kappa shape index (κ3) is 3.50. The summed E-state index contributed by atoms with van der Waals surface area (Å²) >= 11 is 0. The van der Waals surface area contributed by atoms with Crippen molar-refractivity contribution in [2.45, 2.75) is 6.61 Å². The highest BCUT2D eigenvalue weighted by atomic mass is 31.2. The lowest BCUT2D eigenvalue weighted by Gasteiger charge is -2.20. The van der Waals surface area contributed by atoms with E-state index in [1.54, 1.807) is 12.3 Å². The number of nitrogen functional groups attached to an aromatic ring is 1. The molecule has 0 bridgehead atoms. The molecule has 3 heterocycles. The molecule has 0 unspecified atom stereocenters. The summed E-state index contributed by atoms with van der Waals surface area (Å²) < 4.78 is 28.7. The summed E-state index contributed by atoms with van der Waals surface area (Å²) in [6.07, 6.45) is 1.75. The molecule has 2 aliphatic rings. The van der Waals surface area contributed by atoms with Gasteiger partial charge in [0.1, 0.15) is 5.75 Å². The van der Waals surface area contributed by atoms with Crippen LogP contribution in [0.1, 0.15) is 5.56 Å². The molecule has 2 N–H and O–H groups in total. The zero-order chi connectivity index (χ0) is 19.1. The summed E-state index contributed by atoms with van der Waals surface area (Å²) in [5.41, 5.74) is 8.35. The van der Waals surface area contributed by atoms with E-state index in [1.165, 1.54) is 0 Å². The molecule has 0 saturated carbocycles. The minimum Gasteiger partial charge on any atom is -0.455 e. The molecule has 2 fully saturated rings. The maximum Gasteiger partial charge on any atom is 0.346 e. The van der Waals surface area contributed by atoms with Crippen molar-refractivity contribution in [1.29, 1.82) is 0 Å². The summed E-state index contributed by atoms with van der Waals surface area (Å²) in [5, 5.41) is 1.05. The zero-order valence-electron chi connectivity index (χ0n) is 15.3. The first-order valence-electron chi connectivity index (χ1n) is 9.28. The summed E-state index contributed by atoms with van der Waals surface area (Å²) in [4.78, 5) is 4.35. The molecular formula is C20H21N4O3P. The summed E-state index contributed by atoms with van der Waals surface area (Å²) in [7, 11) is -2.84. The molecule has 5 rings (SSSR count). The van der Waals surface area contributed by atoms with Gasteiger partial charge in [-0.25, -0.2) is 9.34 Å². The zero-order valence-corrected chi connectivity index (χ0v) is 16.2. The van der Waals surface area contributed by atoms with Gasteiger partial charge >= 0.3 is 7.67 Å². The molecule has 1 aromatic heterocycles. The van der Waals surface area contributed by atoms with Gasteiger partial charge in [-0.15, -0.1) is 0 Å². The Labute approximate surface area is 163 Å². The number of nitrogens with two attached hydrogens (primary N) is 1. The fourth-order valence-corrected chi connectivity index (χ4v) is 5.28. The van der Waals surface area contributed by atoms with Gasteiger partial charge in [0.2, 0.25) is 0 Å². The van der Waals surface area contributed by atoms with Crippen LogP contribution in [0, 0.1) is 0 Å². The summed E-state index contributed by atoms with van der Waals surface area (Å²) in [5.74, 6) is 1.21. The number of ether oxygens (including phenoxy) is 1. The van der Waals surface area contributed by atoms with Crippen molar-refractivity contribution in [3.63, 3.8) is 0 Å². The molecule has 0 atom stereocenters. The minimum absolute atomic E-state index is 0.250. The molecule has 28 heavy (non-hydrogen) atoms. The Hall–Kier alpha value is -2.44. The Bertz CT molecular complexity index is 1070. The highest BCUT2D eigenvalue weighted by molar-refractivity contribution is 7.54. The normalized spacial score (nSPS) is 17.0. The third-order valence-electron chi connectivity index (χ3n) is 4.84. The second-order valence-corrected chi connectivity index (χ2v) is 9.37. The molecule has 8 heteroatoms. The molecule has 0 aliphatic carbocycles. The molecule has 0 radical (unpaired) electrons. The van der Waals surface area contributed by atoms with Gasteiger partial charge in [0.05, 0.1) is 17.8 Å². The van der Waals surface area contributed by atoms with E-state index < -0.39 is 7.67 Å². The molecule has 2 aromatic carbocycles. The Kier molecular flexibility index (Phi) is 4.33. The van der Waals surface area contributed by atoms with Crippen molar-refractivity contribution in [2.75, 3.05) is 31.9 Å². The molecule has 2 aliphatic heterocycles. The van der Waals surface area contributed by atoms with Gasteiger partial charge in [0.25, 0.3) is 0 Å². The van der Waals surface area contributed by atoms with Gasteiger partial charge in [0.15, 0.2) is 5.75 Å². The van der Waals surface area contributed by atoms with Gasteiger partial charge in [0, 0.05) is 43.8 Å². The molecule has 0 amide bonds. The van der Waals surface area contributed by atoms with Crippen LogP contribution in [0.25, 0.3) is 10.9 Å². The number of hydrogen-bond donors (Lipinski definition) is 1. The Morgan fingerprint density at radius 3 is 2.57 bits per heavy atom. The minimum atomic E-state index is -2.84.